The van der Waals surface area contributed by atoms with E-state index < -0.39 is 10.0 Å². The highest BCUT2D eigenvalue weighted by Gasteiger charge is 2.12. The molecule has 0 spiro atoms. The lowest BCUT2D eigenvalue weighted by molar-refractivity contribution is 0.340. The first-order chi connectivity index (χ1) is 10.5. The van der Waals surface area contributed by atoms with Crippen LogP contribution in [-0.4, -0.2) is 21.2 Å². The van der Waals surface area contributed by atoms with E-state index in [2.05, 4.69) is 9.93 Å². The molecule has 0 unspecified atom stereocenters. The minimum atomic E-state index is -3.72. The van der Waals surface area contributed by atoms with Gasteiger partial charge in [-0.15, -0.1) is 0 Å². The van der Waals surface area contributed by atoms with Crippen LogP contribution < -0.4 is 9.57 Å². The normalized spacial score (nSPS) is 11.5. The Morgan fingerprint density at radius 3 is 2.50 bits per heavy atom. The Balaban J connectivity index is 2.09. The third-order valence-electron chi connectivity index (χ3n) is 2.73. The number of sulfonamides is 1. The van der Waals surface area contributed by atoms with E-state index in [0.717, 1.165) is 0 Å². The molecular formula is C15H15ClN2O3S. The van der Waals surface area contributed by atoms with Crippen LogP contribution in [0.3, 0.4) is 0 Å². The monoisotopic (exact) mass is 338 g/mol. The number of hydrazone groups is 1. The summed E-state index contributed by atoms with van der Waals surface area (Å²) in [7, 11) is -3.72. The van der Waals surface area contributed by atoms with Crippen molar-refractivity contribution < 1.29 is 13.2 Å². The van der Waals surface area contributed by atoms with Crippen molar-refractivity contribution in [1.82, 2.24) is 4.83 Å². The van der Waals surface area contributed by atoms with Crippen LogP contribution in [0.2, 0.25) is 5.02 Å². The molecule has 0 amide bonds. The van der Waals surface area contributed by atoms with Gasteiger partial charge in [-0.2, -0.15) is 13.5 Å². The molecule has 0 aliphatic heterocycles. The number of benzene rings is 2. The average molecular weight is 339 g/mol. The van der Waals surface area contributed by atoms with Gasteiger partial charge in [0.1, 0.15) is 5.75 Å². The summed E-state index contributed by atoms with van der Waals surface area (Å²) in [6, 6.07) is 13.1. The first-order valence-electron chi connectivity index (χ1n) is 6.55. The number of hydrogen-bond donors (Lipinski definition) is 1. The third-order valence-corrected chi connectivity index (χ3v) is 4.31. The van der Waals surface area contributed by atoms with E-state index >= 15 is 0 Å². The molecular weight excluding hydrogens is 324 g/mol. The molecule has 116 valence electrons. The first kappa shape index (κ1) is 16.3. The smallest absolute Gasteiger partial charge is 0.276 e. The Bertz CT molecular complexity index is 759. The summed E-state index contributed by atoms with van der Waals surface area (Å²) in [6.45, 7) is 2.38. The fourth-order valence-corrected chi connectivity index (χ4v) is 2.66. The van der Waals surface area contributed by atoms with E-state index in [9.17, 15) is 8.42 Å². The van der Waals surface area contributed by atoms with Crippen LogP contribution in [0, 0.1) is 0 Å². The molecule has 1 N–H and O–H groups in total. The molecule has 0 heterocycles. The molecule has 7 heteroatoms. The molecule has 5 nitrogen and oxygen atoms in total. The lowest BCUT2D eigenvalue weighted by Crippen LogP contribution is -2.18. The largest absolute Gasteiger partial charge is 0.494 e. The quantitative estimate of drug-likeness (QED) is 0.650. The fourth-order valence-electron chi connectivity index (χ4n) is 1.68. The predicted molar refractivity (Wildman–Crippen MR) is 87.0 cm³/mol. The summed E-state index contributed by atoms with van der Waals surface area (Å²) in [4.78, 5) is 2.25. The maximum absolute atomic E-state index is 12.1. The van der Waals surface area contributed by atoms with E-state index in [4.69, 9.17) is 16.3 Å². The molecule has 0 atom stereocenters. The van der Waals surface area contributed by atoms with Gasteiger partial charge in [0, 0.05) is 10.6 Å². The van der Waals surface area contributed by atoms with Crippen LogP contribution in [-0.2, 0) is 10.0 Å². The maximum Gasteiger partial charge on any atom is 0.276 e. The number of halogens is 1. The summed E-state index contributed by atoms with van der Waals surface area (Å²) in [5.74, 6) is 0.612. The second-order valence-corrected chi connectivity index (χ2v) is 6.35. The third kappa shape index (κ3) is 4.22. The fraction of sp³-hybridized carbons (Fsp3) is 0.133. The first-order valence-corrected chi connectivity index (χ1v) is 8.41. The summed E-state index contributed by atoms with van der Waals surface area (Å²) in [5.41, 5.74) is 0.624. The van der Waals surface area contributed by atoms with Gasteiger partial charge in [-0.05, 0) is 37.3 Å². The van der Waals surface area contributed by atoms with Gasteiger partial charge in [0.25, 0.3) is 10.0 Å². The van der Waals surface area contributed by atoms with Crippen molar-refractivity contribution in [2.24, 2.45) is 5.10 Å². The number of rotatable bonds is 6. The Morgan fingerprint density at radius 1 is 1.18 bits per heavy atom. The molecule has 2 rings (SSSR count). The molecule has 22 heavy (non-hydrogen) atoms. The van der Waals surface area contributed by atoms with E-state index in [1.165, 1.54) is 18.3 Å². The van der Waals surface area contributed by atoms with E-state index in [1.54, 1.807) is 36.4 Å². The van der Waals surface area contributed by atoms with Gasteiger partial charge in [0.05, 0.1) is 17.7 Å². The number of nitrogens with zero attached hydrogens (tertiary/aromatic N) is 1. The van der Waals surface area contributed by atoms with Crippen molar-refractivity contribution in [3.8, 4) is 5.75 Å². The Labute approximate surface area is 134 Å². The molecule has 0 aromatic heterocycles. The SMILES string of the molecule is CCOc1ccc(S(=O)(=O)N/N=C\c2ccccc2Cl)cc1. The molecule has 0 fully saturated rings. The summed E-state index contributed by atoms with van der Waals surface area (Å²) >= 11 is 5.96. The van der Waals surface area contributed by atoms with Gasteiger partial charge < -0.3 is 4.74 Å². The molecule has 0 aliphatic carbocycles. The molecule has 0 radical (unpaired) electrons. The number of ether oxygens (including phenoxy) is 1. The van der Waals surface area contributed by atoms with Crippen LogP contribution in [0.4, 0.5) is 0 Å². The molecule has 2 aromatic carbocycles. The van der Waals surface area contributed by atoms with Gasteiger partial charge in [-0.3, -0.25) is 0 Å². The lowest BCUT2D eigenvalue weighted by Gasteiger charge is -2.05. The van der Waals surface area contributed by atoms with Crippen molar-refractivity contribution in [3.05, 3.63) is 59.1 Å². The highest BCUT2D eigenvalue weighted by Crippen LogP contribution is 2.16. The highest BCUT2D eigenvalue weighted by atomic mass is 35.5. The summed E-state index contributed by atoms with van der Waals surface area (Å²) in [6.07, 6.45) is 1.36. The molecule has 0 bridgehead atoms. The van der Waals surface area contributed by atoms with Crippen LogP contribution in [0.5, 0.6) is 5.75 Å². The zero-order valence-electron chi connectivity index (χ0n) is 11.9. The lowest BCUT2D eigenvalue weighted by atomic mass is 10.2. The second-order valence-electron chi connectivity index (χ2n) is 4.28. The minimum absolute atomic E-state index is 0.104. The van der Waals surface area contributed by atoms with Crippen LogP contribution >= 0.6 is 11.6 Å². The Kier molecular flexibility index (Phi) is 5.41. The molecule has 2 aromatic rings. The van der Waals surface area contributed by atoms with Crippen LogP contribution in [0.25, 0.3) is 0 Å². The summed E-state index contributed by atoms with van der Waals surface area (Å²) in [5, 5.41) is 4.22. The van der Waals surface area contributed by atoms with Gasteiger partial charge in [-0.1, -0.05) is 29.8 Å². The van der Waals surface area contributed by atoms with Gasteiger partial charge in [-0.25, -0.2) is 4.83 Å². The van der Waals surface area contributed by atoms with E-state index in [1.807, 2.05) is 6.92 Å². The van der Waals surface area contributed by atoms with Gasteiger partial charge >= 0.3 is 0 Å². The van der Waals surface area contributed by atoms with Crippen LogP contribution in [0.1, 0.15) is 12.5 Å². The molecule has 0 saturated carbocycles. The Hall–Kier alpha value is -2.05. The van der Waals surface area contributed by atoms with E-state index in [0.29, 0.717) is 22.9 Å². The zero-order chi connectivity index (χ0) is 16.0. The van der Waals surface area contributed by atoms with Crippen molar-refractivity contribution in [2.45, 2.75) is 11.8 Å². The van der Waals surface area contributed by atoms with Crippen molar-refractivity contribution in [2.75, 3.05) is 6.61 Å². The maximum atomic E-state index is 12.1. The topological polar surface area (TPSA) is 67.8 Å². The number of nitrogens with one attached hydrogen (secondary N) is 1. The van der Waals surface area contributed by atoms with Crippen molar-refractivity contribution >= 4 is 27.8 Å². The second kappa shape index (κ2) is 7.29. The Morgan fingerprint density at radius 2 is 1.86 bits per heavy atom. The van der Waals surface area contributed by atoms with Crippen LogP contribution in [0.15, 0.2) is 58.5 Å². The number of hydrogen-bond acceptors (Lipinski definition) is 4. The van der Waals surface area contributed by atoms with Gasteiger partial charge in [0.15, 0.2) is 0 Å². The molecule has 0 aliphatic rings. The predicted octanol–water partition coefficient (Wildman–Crippen LogP) is 3.05. The molecule has 0 saturated heterocycles. The standard InChI is InChI=1S/C15H15ClN2O3S/c1-2-21-13-7-9-14(10-8-13)22(19,20)18-17-11-12-5-3-4-6-15(12)16/h3-11,18H,2H2,1H3/b17-11-. The van der Waals surface area contributed by atoms with Crippen molar-refractivity contribution in [3.63, 3.8) is 0 Å². The van der Waals surface area contributed by atoms with Crippen molar-refractivity contribution in [1.29, 1.82) is 0 Å². The summed E-state index contributed by atoms with van der Waals surface area (Å²) < 4.78 is 29.4. The van der Waals surface area contributed by atoms with Gasteiger partial charge in [0.2, 0.25) is 0 Å². The highest BCUT2D eigenvalue weighted by molar-refractivity contribution is 7.89. The minimum Gasteiger partial charge on any atom is -0.494 e. The zero-order valence-corrected chi connectivity index (χ0v) is 13.4. The van der Waals surface area contributed by atoms with E-state index in [-0.39, 0.29) is 4.90 Å². The average Bonchev–Trinajstić information content (AvgIpc) is 2.50.